The monoisotopic (exact) mass is 837 g/mol. The van der Waals surface area contributed by atoms with Crippen LogP contribution >= 0.6 is 7.82 Å². The standard InChI is InChI=1S/C49H93N2O6P/c1-6-8-10-12-14-16-18-20-22-23-24-25-26-27-28-29-31-33-35-37-39-41-43-49(53)50-47(46-57-58(54,55)56-45-44-51(3,4)5)48(52)42-40-38-36-34-32-30-21-19-17-15-13-11-9-7-2/h17,19,26-27,32,34,40,42,47-48,52H,6-16,18,20-25,28-31,33,35-39,41,43-46H2,1-5H3,(H-,50,53,54,55)/b19-17+,27-26-,34-32+,42-40+. The highest BCUT2D eigenvalue weighted by atomic mass is 31.2. The number of phosphoric ester groups is 1. The first-order chi connectivity index (χ1) is 28.0. The van der Waals surface area contributed by atoms with Gasteiger partial charge in [-0.15, -0.1) is 0 Å². The minimum absolute atomic E-state index is 0.0107. The zero-order valence-electron chi connectivity index (χ0n) is 38.5. The molecule has 1 amide bonds. The van der Waals surface area contributed by atoms with Crippen LogP contribution in [0.3, 0.4) is 0 Å². The molecule has 0 aromatic rings. The van der Waals surface area contributed by atoms with Crippen LogP contribution in [0.1, 0.15) is 206 Å². The average molecular weight is 837 g/mol. The maximum atomic E-state index is 12.9. The highest BCUT2D eigenvalue weighted by molar-refractivity contribution is 7.45. The highest BCUT2D eigenvalue weighted by Crippen LogP contribution is 2.38. The molecule has 0 saturated heterocycles. The van der Waals surface area contributed by atoms with Gasteiger partial charge in [-0.2, -0.15) is 0 Å². The molecule has 0 bridgehead atoms. The van der Waals surface area contributed by atoms with Crippen LogP contribution < -0.4 is 10.2 Å². The molecule has 0 radical (unpaired) electrons. The number of likely N-dealkylation sites (N-methyl/N-ethyl adjacent to an activating group) is 1. The van der Waals surface area contributed by atoms with Gasteiger partial charge in [-0.25, -0.2) is 0 Å². The number of quaternary nitrogens is 1. The topological polar surface area (TPSA) is 108 Å². The Morgan fingerprint density at radius 3 is 1.41 bits per heavy atom. The summed E-state index contributed by atoms with van der Waals surface area (Å²) in [6, 6.07) is -0.911. The molecule has 340 valence electrons. The Morgan fingerprint density at radius 1 is 0.586 bits per heavy atom. The summed E-state index contributed by atoms with van der Waals surface area (Å²) >= 11 is 0. The number of unbranched alkanes of at least 4 members (excludes halogenated alkanes) is 24. The molecular formula is C49H93N2O6P. The van der Waals surface area contributed by atoms with Crippen molar-refractivity contribution in [3.8, 4) is 0 Å². The fraction of sp³-hybridized carbons (Fsp3) is 0.816. The van der Waals surface area contributed by atoms with Gasteiger partial charge >= 0.3 is 0 Å². The predicted molar refractivity (Wildman–Crippen MR) is 247 cm³/mol. The number of carbonyl (C=O) groups is 1. The molecule has 0 aliphatic rings. The zero-order valence-corrected chi connectivity index (χ0v) is 39.4. The van der Waals surface area contributed by atoms with Gasteiger partial charge in [0.2, 0.25) is 5.91 Å². The third-order valence-electron chi connectivity index (χ3n) is 10.5. The summed E-state index contributed by atoms with van der Waals surface area (Å²) in [4.78, 5) is 25.3. The minimum Gasteiger partial charge on any atom is -0.756 e. The van der Waals surface area contributed by atoms with Crippen molar-refractivity contribution in [3.05, 3.63) is 48.6 Å². The van der Waals surface area contributed by atoms with Gasteiger partial charge in [0.05, 0.1) is 39.9 Å². The van der Waals surface area contributed by atoms with Gasteiger partial charge in [-0.1, -0.05) is 178 Å². The van der Waals surface area contributed by atoms with Crippen LogP contribution in [-0.2, 0) is 18.4 Å². The van der Waals surface area contributed by atoms with E-state index in [1.54, 1.807) is 6.08 Å². The largest absolute Gasteiger partial charge is 0.756 e. The summed E-state index contributed by atoms with van der Waals surface area (Å²) in [7, 11) is 1.23. The fourth-order valence-corrected chi connectivity index (χ4v) is 7.37. The van der Waals surface area contributed by atoms with Crippen molar-refractivity contribution in [1.82, 2.24) is 5.32 Å². The molecule has 8 nitrogen and oxygen atoms in total. The van der Waals surface area contributed by atoms with Crippen molar-refractivity contribution in [1.29, 1.82) is 0 Å². The van der Waals surface area contributed by atoms with E-state index in [1.807, 2.05) is 27.2 Å². The molecule has 0 aliphatic heterocycles. The van der Waals surface area contributed by atoms with Crippen molar-refractivity contribution in [3.63, 3.8) is 0 Å². The van der Waals surface area contributed by atoms with Crippen LogP contribution in [0.5, 0.6) is 0 Å². The average Bonchev–Trinajstić information content (AvgIpc) is 3.17. The van der Waals surface area contributed by atoms with Gasteiger partial charge in [0.15, 0.2) is 0 Å². The van der Waals surface area contributed by atoms with Gasteiger partial charge < -0.3 is 28.8 Å². The lowest BCUT2D eigenvalue weighted by molar-refractivity contribution is -0.870. The van der Waals surface area contributed by atoms with E-state index < -0.39 is 26.6 Å². The molecule has 0 aliphatic carbocycles. The molecule has 0 rings (SSSR count). The molecule has 0 saturated carbocycles. The van der Waals surface area contributed by atoms with Crippen LogP contribution in [0.15, 0.2) is 48.6 Å². The molecular weight excluding hydrogens is 744 g/mol. The van der Waals surface area contributed by atoms with Crippen LogP contribution in [0.25, 0.3) is 0 Å². The lowest BCUT2D eigenvalue weighted by Crippen LogP contribution is -2.45. The summed E-state index contributed by atoms with van der Waals surface area (Å²) < 4.78 is 23.2. The molecule has 0 aromatic carbocycles. The van der Waals surface area contributed by atoms with Crippen LogP contribution in [0.4, 0.5) is 0 Å². The summed E-state index contributed by atoms with van der Waals surface area (Å²) in [5.41, 5.74) is 0. The number of carbonyl (C=O) groups excluding carboxylic acids is 1. The van der Waals surface area contributed by atoms with Gasteiger partial charge in [0.25, 0.3) is 7.82 Å². The molecule has 0 spiro atoms. The number of nitrogens with one attached hydrogen (secondary N) is 1. The van der Waals surface area contributed by atoms with Crippen LogP contribution in [0.2, 0.25) is 0 Å². The quantitative estimate of drug-likeness (QED) is 0.0274. The number of aliphatic hydroxyl groups is 1. The summed E-state index contributed by atoms with van der Waals surface area (Å²) in [5.74, 6) is -0.217. The van der Waals surface area contributed by atoms with E-state index in [9.17, 15) is 19.4 Å². The lowest BCUT2D eigenvalue weighted by atomic mass is 10.0. The van der Waals surface area contributed by atoms with E-state index in [0.717, 1.165) is 51.4 Å². The summed E-state index contributed by atoms with van der Waals surface area (Å²) in [6.07, 6.45) is 51.7. The third-order valence-corrected chi connectivity index (χ3v) is 11.5. The number of nitrogens with zero attached hydrogens (tertiary/aromatic N) is 1. The zero-order chi connectivity index (χ0) is 42.8. The maximum Gasteiger partial charge on any atom is 0.268 e. The van der Waals surface area contributed by atoms with Gasteiger partial charge in [-0.3, -0.25) is 9.36 Å². The Balaban J connectivity index is 4.36. The van der Waals surface area contributed by atoms with Gasteiger partial charge in [0.1, 0.15) is 13.2 Å². The predicted octanol–water partition coefficient (Wildman–Crippen LogP) is 13.0. The highest BCUT2D eigenvalue weighted by Gasteiger charge is 2.23. The first kappa shape index (κ1) is 56.5. The number of amides is 1. The molecule has 0 aromatic heterocycles. The van der Waals surface area contributed by atoms with E-state index in [0.29, 0.717) is 17.4 Å². The number of hydrogen-bond donors (Lipinski definition) is 2. The minimum atomic E-state index is -4.60. The molecule has 58 heavy (non-hydrogen) atoms. The van der Waals surface area contributed by atoms with Crippen molar-refractivity contribution >= 4 is 13.7 Å². The van der Waals surface area contributed by atoms with E-state index in [-0.39, 0.29) is 12.5 Å². The van der Waals surface area contributed by atoms with E-state index >= 15 is 0 Å². The molecule has 9 heteroatoms. The smallest absolute Gasteiger partial charge is 0.268 e. The number of phosphoric acid groups is 1. The second kappa shape index (κ2) is 40.8. The van der Waals surface area contributed by atoms with Crippen molar-refractivity contribution < 1.29 is 32.9 Å². The second-order valence-electron chi connectivity index (χ2n) is 17.4. The first-order valence-electron chi connectivity index (χ1n) is 24.0. The molecule has 0 fully saturated rings. The maximum absolute atomic E-state index is 12.9. The van der Waals surface area contributed by atoms with Crippen molar-refractivity contribution in [2.24, 2.45) is 0 Å². The lowest BCUT2D eigenvalue weighted by Gasteiger charge is -2.29. The Hall–Kier alpha value is -1.54. The number of allylic oxidation sites excluding steroid dienone is 7. The Morgan fingerprint density at radius 2 is 0.966 bits per heavy atom. The number of aliphatic hydroxyl groups excluding tert-OH is 1. The summed E-state index contributed by atoms with van der Waals surface area (Å²) in [6.45, 7) is 4.59. The van der Waals surface area contributed by atoms with Gasteiger partial charge in [-0.05, 0) is 70.6 Å². The van der Waals surface area contributed by atoms with E-state index in [4.69, 9.17) is 9.05 Å². The number of hydrogen-bond acceptors (Lipinski definition) is 6. The fourth-order valence-electron chi connectivity index (χ4n) is 6.65. The Kier molecular flexibility index (Phi) is 39.8. The first-order valence-corrected chi connectivity index (χ1v) is 25.5. The van der Waals surface area contributed by atoms with E-state index in [1.165, 1.54) is 135 Å². The Bertz CT molecular complexity index is 1090. The number of rotatable bonds is 43. The third kappa shape index (κ3) is 42.6. The SMILES string of the molecule is CCCCCC/C=C/CC/C=C/CC/C=C/C(O)C(COP(=O)([O-])OCC[N+](C)(C)C)NC(=O)CCCCCCCCC/C=C\CCCCCCCCCCCCC. The van der Waals surface area contributed by atoms with Crippen LogP contribution in [0, 0.1) is 0 Å². The molecule has 3 unspecified atom stereocenters. The summed E-state index contributed by atoms with van der Waals surface area (Å²) in [5, 5.41) is 13.8. The molecule has 2 N–H and O–H groups in total. The van der Waals surface area contributed by atoms with Crippen molar-refractivity contribution in [2.45, 2.75) is 219 Å². The van der Waals surface area contributed by atoms with Gasteiger partial charge in [0, 0.05) is 6.42 Å². The second-order valence-corrected chi connectivity index (χ2v) is 18.8. The molecule has 0 heterocycles. The van der Waals surface area contributed by atoms with Crippen LogP contribution in [-0.4, -0.2) is 68.5 Å². The Labute approximate surface area is 359 Å². The molecule has 3 atom stereocenters. The van der Waals surface area contributed by atoms with E-state index in [2.05, 4.69) is 55.6 Å². The van der Waals surface area contributed by atoms with Crippen molar-refractivity contribution in [2.75, 3.05) is 40.9 Å². The normalized spacial score (nSPS) is 14.7.